The summed E-state index contributed by atoms with van der Waals surface area (Å²) >= 11 is 5.38. The van der Waals surface area contributed by atoms with Crippen LogP contribution in [0.1, 0.15) is 17.0 Å². The number of aromatic nitrogens is 3. The number of nitrogens with one attached hydrogen (secondary N) is 2. The van der Waals surface area contributed by atoms with Crippen LogP contribution in [0.15, 0.2) is 78.9 Å². The quantitative estimate of drug-likeness (QED) is 0.343. The molecule has 0 radical (unpaired) electrons. The van der Waals surface area contributed by atoms with E-state index < -0.39 is 0 Å². The largest absolute Gasteiger partial charge is 0.378 e. The van der Waals surface area contributed by atoms with Crippen molar-refractivity contribution in [3.63, 3.8) is 0 Å². The van der Waals surface area contributed by atoms with Crippen LogP contribution in [0.5, 0.6) is 0 Å². The van der Waals surface area contributed by atoms with Gasteiger partial charge in [0.1, 0.15) is 0 Å². The molecule has 1 aromatic heterocycles. The number of thiocarbonyl (C=S) groups is 1. The predicted molar refractivity (Wildman–Crippen MR) is 146 cm³/mol. The SMILES string of the molecule is Cc1nnc(NC(=S)Nc2ccccc2)nc1/C=C\c1ccccc1-c1ccc(N(C)C)cc1. The topological polar surface area (TPSA) is 66.0 Å². The van der Waals surface area contributed by atoms with Gasteiger partial charge >= 0.3 is 0 Å². The van der Waals surface area contributed by atoms with Gasteiger partial charge in [0.15, 0.2) is 5.11 Å². The number of hydrogen-bond acceptors (Lipinski definition) is 5. The molecular formula is C27H26N6S. The Bertz CT molecular complexity index is 1300. The zero-order valence-electron chi connectivity index (χ0n) is 19.4. The fourth-order valence-corrected chi connectivity index (χ4v) is 3.61. The number of benzene rings is 3. The Morgan fingerprint density at radius 2 is 1.53 bits per heavy atom. The van der Waals surface area contributed by atoms with Crippen LogP contribution in [0.4, 0.5) is 17.3 Å². The van der Waals surface area contributed by atoms with Gasteiger partial charge in [-0.25, -0.2) is 4.98 Å². The van der Waals surface area contributed by atoms with E-state index in [0.29, 0.717) is 11.1 Å². The fraction of sp³-hybridized carbons (Fsp3) is 0.111. The Morgan fingerprint density at radius 1 is 0.824 bits per heavy atom. The molecule has 0 aliphatic heterocycles. The summed E-state index contributed by atoms with van der Waals surface area (Å²) in [5.74, 6) is 0.339. The lowest BCUT2D eigenvalue weighted by Crippen LogP contribution is -2.21. The van der Waals surface area contributed by atoms with Crippen LogP contribution >= 0.6 is 12.2 Å². The van der Waals surface area contributed by atoms with Crippen LogP contribution in [-0.4, -0.2) is 34.4 Å². The lowest BCUT2D eigenvalue weighted by Gasteiger charge is -2.13. The number of anilines is 3. The van der Waals surface area contributed by atoms with E-state index in [4.69, 9.17) is 12.2 Å². The third kappa shape index (κ3) is 5.82. The van der Waals surface area contributed by atoms with Crippen LogP contribution in [0.3, 0.4) is 0 Å². The van der Waals surface area contributed by atoms with Gasteiger partial charge < -0.3 is 10.2 Å². The van der Waals surface area contributed by atoms with Gasteiger partial charge in [-0.05, 0) is 66.2 Å². The Kier molecular flexibility index (Phi) is 7.25. The lowest BCUT2D eigenvalue weighted by molar-refractivity contribution is 0.929. The summed E-state index contributed by atoms with van der Waals surface area (Å²) in [7, 11) is 4.08. The smallest absolute Gasteiger partial charge is 0.249 e. The molecular weight excluding hydrogens is 440 g/mol. The van der Waals surface area contributed by atoms with Crippen LogP contribution in [0, 0.1) is 6.92 Å². The zero-order valence-corrected chi connectivity index (χ0v) is 20.2. The molecule has 0 aliphatic rings. The molecule has 34 heavy (non-hydrogen) atoms. The molecule has 2 N–H and O–H groups in total. The van der Waals surface area contributed by atoms with E-state index in [-0.39, 0.29) is 0 Å². The highest BCUT2D eigenvalue weighted by molar-refractivity contribution is 7.80. The van der Waals surface area contributed by atoms with Crippen molar-refractivity contribution in [1.29, 1.82) is 0 Å². The molecule has 6 nitrogen and oxygen atoms in total. The minimum Gasteiger partial charge on any atom is -0.378 e. The Hall–Kier alpha value is -4.10. The standard InChI is InChI=1S/C27H26N6S/c1-19-25(29-26(32-31-19)30-27(34)28-22-10-5-4-6-11-22)18-15-20-9-7-8-12-24(20)21-13-16-23(17-14-21)33(2)3/h4-18H,1-3H3,(H2,28,29,30,32,34)/b18-15-. The van der Waals surface area contributed by atoms with Crippen molar-refractivity contribution in [3.8, 4) is 11.1 Å². The monoisotopic (exact) mass is 466 g/mol. The number of para-hydroxylation sites is 1. The molecule has 0 amide bonds. The molecule has 4 aromatic rings. The minimum atomic E-state index is 0.339. The van der Waals surface area contributed by atoms with E-state index in [2.05, 4.69) is 73.2 Å². The first-order valence-corrected chi connectivity index (χ1v) is 11.3. The average molecular weight is 467 g/mol. The van der Waals surface area contributed by atoms with E-state index >= 15 is 0 Å². The van der Waals surface area contributed by atoms with Gasteiger partial charge in [-0.2, -0.15) is 0 Å². The van der Waals surface area contributed by atoms with Crippen molar-refractivity contribution in [2.24, 2.45) is 0 Å². The van der Waals surface area contributed by atoms with Crippen LogP contribution in [0.25, 0.3) is 23.3 Å². The van der Waals surface area contributed by atoms with Gasteiger partial charge in [-0.15, -0.1) is 10.2 Å². The van der Waals surface area contributed by atoms with Crippen molar-refractivity contribution in [2.45, 2.75) is 6.92 Å². The maximum atomic E-state index is 5.38. The summed E-state index contributed by atoms with van der Waals surface area (Å²) in [6.45, 7) is 1.88. The van der Waals surface area contributed by atoms with Gasteiger partial charge in [-0.3, -0.25) is 5.32 Å². The lowest BCUT2D eigenvalue weighted by atomic mass is 9.99. The number of rotatable bonds is 6. The molecule has 0 saturated carbocycles. The van der Waals surface area contributed by atoms with Crippen LogP contribution < -0.4 is 15.5 Å². The number of nitrogens with zero attached hydrogens (tertiary/aromatic N) is 4. The van der Waals surface area contributed by atoms with E-state index in [9.17, 15) is 0 Å². The van der Waals surface area contributed by atoms with Crippen LogP contribution in [0.2, 0.25) is 0 Å². The summed E-state index contributed by atoms with van der Waals surface area (Å²) in [6, 6.07) is 26.5. The summed E-state index contributed by atoms with van der Waals surface area (Å²) in [6.07, 6.45) is 4.01. The maximum absolute atomic E-state index is 5.38. The second kappa shape index (κ2) is 10.7. The summed E-state index contributed by atoms with van der Waals surface area (Å²) in [5, 5.41) is 14.9. The van der Waals surface area contributed by atoms with Crippen molar-refractivity contribution in [2.75, 3.05) is 29.6 Å². The summed E-state index contributed by atoms with van der Waals surface area (Å²) in [4.78, 5) is 6.69. The molecule has 0 aliphatic carbocycles. The van der Waals surface area contributed by atoms with Crippen molar-refractivity contribution < 1.29 is 0 Å². The first-order chi connectivity index (χ1) is 16.5. The second-order valence-electron chi connectivity index (χ2n) is 7.91. The highest BCUT2D eigenvalue weighted by Gasteiger charge is 2.07. The minimum absolute atomic E-state index is 0.339. The maximum Gasteiger partial charge on any atom is 0.249 e. The molecule has 3 aromatic carbocycles. The molecule has 0 spiro atoms. The van der Waals surface area contributed by atoms with Gasteiger partial charge in [-0.1, -0.05) is 60.7 Å². The predicted octanol–water partition coefficient (Wildman–Crippen LogP) is 5.89. The zero-order chi connectivity index (χ0) is 23.9. The van der Waals surface area contributed by atoms with Crippen molar-refractivity contribution in [3.05, 3.63) is 95.8 Å². The molecule has 0 saturated heterocycles. The Labute approximate surface area is 205 Å². The molecule has 4 rings (SSSR count). The first kappa shape index (κ1) is 23.1. The van der Waals surface area contributed by atoms with E-state index in [1.807, 2.05) is 69.6 Å². The highest BCUT2D eigenvalue weighted by Crippen LogP contribution is 2.27. The highest BCUT2D eigenvalue weighted by atomic mass is 32.1. The molecule has 7 heteroatoms. The van der Waals surface area contributed by atoms with E-state index in [1.165, 1.54) is 5.69 Å². The Morgan fingerprint density at radius 3 is 2.26 bits per heavy atom. The molecule has 170 valence electrons. The molecule has 0 fully saturated rings. The summed E-state index contributed by atoms with van der Waals surface area (Å²) < 4.78 is 0. The normalized spacial score (nSPS) is 10.8. The summed E-state index contributed by atoms with van der Waals surface area (Å²) in [5.41, 5.74) is 6.90. The fourth-order valence-electron chi connectivity index (χ4n) is 3.40. The van der Waals surface area contributed by atoms with Crippen molar-refractivity contribution in [1.82, 2.24) is 15.2 Å². The second-order valence-corrected chi connectivity index (χ2v) is 8.32. The Balaban J connectivity index is 1.53. The third-order valence-electron chi connectivity index (χ3n) is 5.23. The number of hydrogen-bond donors (Lipinski definition) is 2. The molecule has 1 heterocycles. The first-order valence-electron chi connectivity index (χ1n) is 10.9. The molecule has 0 bridgehead atoms. The van der Waals surface area contributed by atoms with Gasteiger partial charge in [0.2, 0.25) is 5.95 Å². The van der Waals surface area contributed by atoms with Gasteiger partial charge in [0.25, 0.3) is 0 Å². The number of aryl methyl sites for hydroxylation is 1. The molecule has 0 unspecified atom stereocenters. The van der Waals surface area contributed by atoms with E-state index in [1.54, 1.807) is 0 Å². The van der Waals surface area contributed by atoms with Gasteiger partial charge in [0.05, 0.1) is 11.4 Å². The van der Waals surface area contributed by atoms with Crippen molar-refractivity contribution >= 4 is 46.8 Å². The molecule has 0 atom stereocenters. The third-order valence-corrected chi connectivity index (χ3v) is 5.43. The van der Waals surface area contributed by atoms with Crippen LogP contribution in [-0.2, 0) is 0 Å². The van der Waals surface area contributed by atoms with E-state index in [0.717, 1.165) is 33.8 Å². The average Bonchev–Trinajstić information content (AvgIpc) is 2.85. The van der Waals surface area contributed by atoms with Gasteiger partial charge in [0, 0.05) is 25.5 Å².